The molecule has 1 aliphatic rings. The summed E-state index contributed by atoms with van der Waals surface area (Å²) in [5, 5.41) is 0. The Morgan fingerprint density at radius 1 is 1.35 bits per heavy atom. The van der Waals surface area contributed by atoms with Crippen LogP contribution in [0.5, 0.6) is 0 Å². The molecule has 1 aliphatic carbocycles. The Kier molecular flexibility index (Phi) is 3.85. The van der Waals surface area contributed by atoms with Crippen LogP contribution in [0.4, 0.5) is 0 Å². The predicted molar refractivity (Wildman–Crippen MR) is 72.9 cm³/mol. The molecule has 1 saturated carbocycles. The van der Waals surface area contributed by atoms with Crippen molar-refractivity contribution in [2.75, 3.05) is 20.1 Å². The molecular formula is C15H24N2. The van der Waals surface area contributed by atoms with E-state index >= 15 is 0 Å². The third kappa shape index (κ3) is 3.08. The van der Waals surface area contributed by atoms with Gasteiger partial charge >= 0.3 is 0 Å². The molecular weight excluding hydrogens is 208 g/mol. The maximum Gasteiger partial charge on any atom is 0.0467 e. The highest BCUT2D eigenvalue weighted by Gasteiger charge is 2.34. The fourth-order valence-corrected chi connectivity index (χ4v) is 2.51. The van der Waals surface area contributed by atoms with Gasteiger partial charge in [0.2, 0.25) is 0 Å². The summed E-state index contributed by atoms with van der Waals surface area (Å²) < 4.78 is 0. The van der Waals surface area contributed by atoms with Gasteiger partial charge in [0.1, 0.15) is 0 Å². The summed E-state index contributed by atoms with van der Waals surface area (Å²) >= 11 is 0. The molecule has 0 aromatic heterocycles. The van der Waals surface area contributed by atoms with Gasteiger partial charge in [-0.2, -0.15) is 0 Å². The second-order valence-electron chi connectivity index (χ2n) is 5.57. The molecule has 0 aliphatic heterocycles. The largest absolute Gasteiger partial charge is 0.329 e. The number of hydrogen-bond acceptors (Lipinski definition) is 2. The van der Waals surface area contributed by atoms with Crippen molar-refractivity contribution in [2.45, 2.75) is 26.3 Å². The minimum atomic E-state index is 0.364. The topological polar surface area (TPSA) is 29.3 Å². The molecule has 2 heteroatoms. The van der Waals surface area contributed by atoms with Gasteiger partial charge in [0.15, 0.2) is 0 Å². The zero-order valence-electron chi connectivity index (χ0n) is 11.2. The minimum Gasteiger partial charge on any atom is -0.329 e. The molecule has 1 aromatic carbocycles. The SMILES string of the molecule is Cc1ccc(C(CN)N(C)CC2CC2C)cc1. The Morgan fingerprint density at radius 2 is 1.94 bits per heavy atom. The normalized spacial score (nSPS) is 25.0. The van der Waals surface area contributed by atoms with E-state index in [0.29, 0.717) is 12.6 Å². The fourth-order valence-electron chi connectivity index (χ4n) is 2.51. The minimum absolute atomic E-state index is 0.364. The van der Waals surface area contributed by atoms with Crippen LogP contribution in [0.25, 0.3) is 0 Å². The first-order chi connectivity index (χ1) is 8.11. The summed E-state index contributed by atoms with van der Waals surface area (Å²) in [6, 6.07) is 9.12. The highest BCUT2D eigenvalue weighted by Crippen LogP contribution is 2.39. The van der Waals surface area contributed by atoms with Crippen molar-refractivity contribution in [1.82, 2.24) is 4.90 Å². The lowest BCUT2D eigenvalue weighted by Gasteiger charge is -2.27. The van der Waals surface area contributed by atoms with Gasteiger partial charge in [0.05, 0.1) is 0 Å². The predicted octanol–water partition coefficient (Wildman–Crippen LogP) is 2.58. The number of nitrogens with zero attached hydrogens (tertiary/aromatic N) is 1. The molecule has 17 heavy (non-hydrogen) atoms. The lowest BCUT2D eigenvalue weighted by atomic mass is 10.0. The van der Waals surface area contributed by atoms with E-state index in [9.17, 15) is 0 Å². The third-order valence-electron chi connectivity index (χ3n) is 4.02. The van der Waals surface area contributed by atoms with Crippen LogP contribution >= 0.6 is 0 Å². The van der Waals surface area contributed by atoms with E-state index in [1.54, 1.807) is 0 Å². The Labute approximate surface area is 105 Å². The van der Waals surface area contributed by atoms with E-state index < -0.39 is 0 Å². The van der Waals surface area contributed by atoms with E-state index in [2.05, 4.69) is 50.1 Å². The molecule has 0 spiro atoms. The van der Waals surface area contributed by atoms with Crippen LogP contribution in [0.2, 0.25) is 0 Å². The first kappa shape index (κ1) is 12.6. The van der Waals surface area contributed by atoms with Crippen LogP contribution in [0.3, 0.4) is 0 Å². The molecule has 3 unspecified atom stereocenters. The number of aryl methyl sites for hydroxylation is 1. The Balaban J connectivity index is 2.01. The maximum atomic E-state index is 5.93. The molecule has 0 radical (unpaired) electrons. The average Bonchev–Trinajstić information content (AvgIpc) is 2.98. The summed E-state index contributed by atoms with van der Waals surface area (Å²) in [6.07, 6.45) is 1.38. The second-order valence-corrected chi connectivity index (χ2v) is 5.57. The smallest absolute Gasteiger partial charge is 0.0467 e. The molecule has 0 amide bonds. The van der Waals surface area contributed by atoms with Crippen molar-refractivity contribution in [3.05, 3.63) is 35.4 Å². The number of nitrogens with two attached hydrogens (primary N) is 1. The summed E-state index contributed by atoms with van der Waals surface area (Å²) in [6.45, 7) is 6.33. The van der Waals surface area contributed by atoms with Crippen LogP contribution in [-0.2, 0) is 0 Å². The van der Waals surface area contributed by atoms with E-state index in [0.717, 1.165) is 11.8 Å². The van der Waals surface area contributed by atoms with Crippen LogP contribution in [0, 0.1) is 18.8 Å². The van der Waals surface area contributed by atoms with Crippen molar-refractivity contribution < 1.29 is 0 Å². The Morgan fingerprint density at radius 3 is 2.41 bits per heavy atom. The van der Waals surface area contributed by atoms with E-state index in [-0.39, 0.29) is 0 Å². The molecule has 0 saturated heterocycles. The van der Waals surface area contributed by atoms with E-state index in [1.165, 1.54) is 24.1 Å². The average molecular weight is 232 g/mol. The molecule has 2 nitrogen and oxygen atoms in total. The monoisotopic (exact) mass is 232 g/mol. The summed E-state index contributed by atoms with van der Waals surface area (Å²) in [7, 11) is 2.20. The molecule has 0 bridgehead atoms. The first-order valence-corrected chi connectivity index (χ1v) is 6.58. The number of benzene rings is 1. The van der Waals surface area contributed by atoms with Gasteiger partial charge in [0, 0.05) is 19.1 Å². The molecule has 94 valence electrons. The number of hydrogen-bond donors (Lipinski definition) is 1. The zero-order valence-corrected chi connectivity index (χ0v) is 11.2. The van der Waals surface area contributed by atoms with Crippen molar-refractivity contribution in [3.63, 3.8) is 0 Å². The molecule has 2 rings (SSSR count). The molecule has 0 heterocycles. The highest BCUT2D eigenvalue weighted by molar-refractivity contribution is 5.24. The maximum absolute atomic E-state index is 5.93. The number of rotatable bonds is 5. The number of likely N-dealkylation sites (N-methyl/N-ethyl adjacent to an activating group) is 1. The Bertz CT molecular complexity index is 358. The molecule has 1 aromatic rings. The van der Waals surface area contributed by atoms with Gasteiger partial charge in [-0.15, -0.1) is 0 Å². The van der Waals surface area contributed by atoms with Gasteiger partial charge in [-0.05, 0) is 37.8 Å². The van der Waals surface area contributed by atoms with Crippen molar-refractivity contribution in [3.8, 4) is 0 Å². The van der Waals surface area contributed by atoms with Crippen LogP contribution in [0.1, 0.15) is 30.5 Å². The highest BCUT2D eigenvalue weighted by atomic mass is 15.1. The summed E-state index contributed by atoms with van der Waals surface area (Å²) in [5.41, 5.74) is 8.58. The van der Waals surface area contributed by atoms with Crippen LogP contribution < -0.4 is 5.73 Å². The van der Waals surface area contributed by atoms with Crippen molar-refractivity contribution in [2.24, 2.45) is 17.6 Å². The van der Waals surface area contributed by atoms with Gasteiger partial charge < -0.3 is 5.73 Å². The zero-order chi connectivity index (χ0) is 12.4. The van der Waals surface area contributed by atoms with Crippen LogP contribution in [0.15, 0.2) is 24.3 Å². The Hall–Kier alpha value is -0.860. The van der Waals surface area contributed by atoms with Gasteiger partial charge in [-0.25, -0.2) is 0 Å². The third-order valence-corrected chi connectivity index (χ3v) is 4.02. The summed E-state index contributed by atoms with van der Waals surface area (Å²) in [4.78, 5) is 2.42. The lowest BCUT2D eigenvalue weighted by molar-refractivity contribution is 0.237. The van der Waals surface area contributed by atoms with Gasteiger partial charge in [-0.1, -0.05) is 36.8 Å². The molecule has 3 atom stereocenters. The van der Waals surface area contributed by atoms with Crippen molar-refractivity contribution in [1.29, 1.82) is 0 Å². The first-order valence-electron chi connectivity index (χ1n) is 6.58. The van der Waals surface area contributed by atoms with Gasteiger partial charge in [0.25, 0.3) is 0 Å². The van der Waals surface area contributed by atoms with Gasteiger partial charge in [-0.3, -0.25) is 4.90 Å². The van der Waals surface area contributed by atoms with E-state index in [1.807, 2.05) is 0 Å². The molecule has 2 N–H and O–H groups in total. The molecule has 1 fully saturated rings. The van der Waals surface area contributed by atoms with Crippen LogP contribution in [-0.4, -0.2) is 25.0 Å². The van der Waals surface area contributed by atoms with Crippen molar-refractivity contribution >= 4 is 0 Å². The lowest BCUT2D eigenvalue weighted by Crippen LogP contribution is -2.32. The standard InChI is InChI=1S/C15H24N2/c1-11-4-6-13(7-5-11)15(9-16)17(3)10-14-8-12(14)2/h4-7,12,14-15H,8-10,16H2,1-3H3. The van der Waals surface area contributed by atoms with E-state index in [4.69, 9.17) is 5.73 Å². The quantitative estimate of drug-likeness (QED) is 0.845. The fraction of sp³-hybridized carbons (Fsp3) is 0.600. The second kappa shape index (κ2) is 5.19. The summed E-state index contributed by atoms with van der Waals surface area (Å²) in [5.74, 6) is 1.80.